The van der Waals surface area contributed by atoms with Crippen molar-refractivity contribution < 1.29 is 9.84 Å². The van der Waals surface area contributed by atoms with Crippen molar-refractivity contribution in [2.75, 3.05) is 7.11 Å². The Hall–Kier alpha value is -3.12. The van der Waals surface area contributed by atoms with E-state index in [1.807, 2.05) is 24.3 Å². The minimum atomic E-state index is -0.252. The van der Waals surface area contributed by atoms with E-state index in [1.165, 1.54) is 4.57 Å². The van der Waals surface area contributed by atoms with Crippen LogP contribution in [0.25, 0.3) is 17.3 Å². The van der Waals surface area contributed by atoms with Crippen molar-refractivity contribution >= 4 is 34.9 Å². The molecule has 1 N–H and O–H groups in total. The van der Waals surface area contributed by atoms with Crippen LogP contribution in [-0.2, 0) is 0 Å². The van der Waals surface area contributed by atoms with Crippen LogP contribution in [0.5, 0.6) is 11.6 Å². The Kier molecular flexibility index (Phi) is 3.74. The minimum absolute atomic E-state index is 0.0783. The van der Waals surface area contributed by atoms with Crippen LogP contribution in [-0.4, -0.2) is 23.0 Å². The Balaban J connectivity index is 1.77. The lowest BCUT2D eigenvalue weighted by atomic mass is 10.1. The summed E-state index contributed by atoms with van der Waals surface area (Å²) in [6.07, 6.45) is 3.53. The predicted molar refractivity (Wildman–Crippen MR) is 101 cm³/mol. The number of thiazole rings is 1. The highest BCUT2D eigenvalue weighted by molar-refractivity contribution is 7.10. The number of fused-ring (bicyclic) bond motifs is 1. The van der Waals surface area contributed by atoms with Gasteiger partial charge in [0.15, 0.2) is 0 Å². The smallest absolute Gasteiger partial charge is 0.315 e. The van der Waals surface area contributed by atoms with E-state index in [4.69, 9.17) is 4.74 Å². The molecule has 0 aliphatic carbocycles. The maximum absolute atomic E-state index is 12.4. The van der Waals surface area contributed by atoms with Gasteiger partial charge in [-0.1, -0.05) is 29.5 Å². The van der Waals surface area contributed by atoms with Gasteiger partial charge >= 0.3 is 4.87 Å². The van der Waals surface area contributed by atoms with Gasteiger partial charge in [0.05, 0.1) is 23.4 Å². The maximum Gasteiger partial charge on any atom is 0.315 e. The molecule has 0 bridgehead atoms. The number of para-hydroxylation sites is 1. The Morgan fingerprint density at radius 2 is 1.92 bits per heavy atom. The normalized spacial score (nSPS) is 14.0. The Morgan fingerprint density at radius 1 is 1.16 bits per heavy atom. The molecule has 2 aromatic carbocycles. The van der Waals surface area contributed by atoms with Gasteiger partial charge in [-0.2, -0.15) is 0 Å². The van der Waals surface area contributed by atoms with E-state index >= 15 is 0 Å². The summed E-state index contributed by atoms with van der Waals surface area (Å²) in [6, 6.07) is 14.7. The third-order valence-corrected chi connectivity index (χ3v) is 4.86. The molecule has 4 rings (SSSR count). The van der Waals surface area contributed by atoms with Crippen LogP contribution in [0.3, 0.4) is 0 Å². The van der Waals surface area contributed by atoms with Gasteiger partial charge in [0.25, 0.3) is 0 Å². The summed E-state index contributed by atoms with van der Waals surface area (Å²) < 4.78 is 6.41. The van der Waals surface area contributed by atoms with Crippen LogP contribution in [0, 0.1) is 0 Å². The SMILES string of the molecule is COc1ccc(-n2c(O)c(C=C3C=Nc4ccccc43)sc2=O)cc1. The lowest BCUT2D eigenvalue weighted by Crippen LogP contribution is -2.09. The van der Waals surface area contributed by atoms with Crippen LogP contribution < -0.4 is 9.61 Å². The van der Waals surface area contributed by atoms with Gasteiger partial charge in [0.2, 0.25) is 5.88 Å². The number of benzene rings is 2. The summed E-state index contributed by atoms with van der Waals surface area (Å²) in [4.78, 5) is 17.0. The van der Waals surface area contributed by atoms with E-state index in [-0.39, 0.29) is 10.8 Å². The summed E-state index contributed by atoms with van der Waals surface area (Å²) >= 11 is 0.995. The van der Waals surface area contributed by atoms with Crippen molar-refractivity contribution in [1.82, 2.24) is 4.57 Å². The fraction of sp³-hybridized carbons (Fsp3) is 0.0526. The number of aromatic hydroxyl groups is 1. The summed E-state index contributed by atoms with van der Waals surface area (Å²) in [5.74, 6) is 0.609. The first-order valence-corrected chi connectivity index (χ1v) is 8.43. The molecule has 0 spiro atoms. The fourth-order valence-corrected chi connectivity index (χ4v) is 3.57. The number of aromatic nitrogens is 1. The van der Waals surface area contributed by atoms with Gasteiger partial charge in [0, 0.05) is 17.4 Å². The van der Waals surface area contributed by atoms with Gasteiger partial charge in [-0.05, 0) is 36.4 Å². The van der Waals surface area contributed by atoms with E-state index < -0.39 is 0 Å². The summed E-state index contributed by atoms with van der Waals surface area (Å²) in [6.45, 7) is 0. The molecule has 0 amide bonds. The highest BCUT2D eigenvalue weighted by Crippen LogP contribution is 2.34. The molecule has 25 heavy (non-hydrogen) atoms. The number of allylic oxidation sites excluding steroid dienone is 1. The highest BCUT2D eigenvalue weighted by atomic mass is 32.1. The largest absolute Gasteiger partial charge is 0.497 e. The number of aliphatic imine (C=N–C) groups is 1. The average Bonchev–Trinajstić information content (AvgIpc) is 3.17. The first-order valence-electron chi connectivity index (χ1n) is 7.62. The quantitative estimate of drug-likeness (QED) is 0.780. The van der Waals surface area contributed by atoms with Gasteiger partial charge in [-0.25, -0.2) is 4.57 Å². The summed E-state index contributed by atoms with van der Waals surface area (Å²) in [5, 5.41) is 10.6. The third-order valence-electron chi connectivity index (χ3n) is 3.99. The van der Waals surface area contributed by atoms with Crippen molar-refractivity contribution in [3.8, 4) is 17.3 Å². The van der Waals surface area contributed by atoms with Crippen LogP contribution in [0.4, 0.5) is 5.69 Å². The summed E-state index contributed by atoms with van der Waals surface area (Å²) in [5.41, 5.74) is 3.33. The van der Waals surface area contributed by atoms with Gasteiger partial charge in [0.1, 0.15) is 5.75 Å². The second-order valence-corrected chi connectivity index (χ2v) is 6.46. The number of nitrogens with zero attached hydrogens (tertiary/aromatic N) is 2. The number of hydrogen-bond acceptors (Lipinski definition) is 5. The average molecular weight is 350 g/mol. The van der Waals surface area contributed by atoms with Crippen LogP contribution in [0.15, 0.2) is 58.3 Å². The van der Waals surface area contributed by atoms with Crippen molar-refractivity contribution in [3.63, 3.8) is 0 Å². The zero-order valence-corrected chi connectivity index (χ0v) is 14.2. The second kappa shape index (κ2) is 6.07. The molecule has 0 atom stereocenters. The van der Waals surface area contributed by atoms with Crippen molar-refractivity contribution in [3.05, 3.63) is 68.6 Å². The van der Waals surface area contributed by atoms with Crippen LogP contribution >= 0.6 is 11.3 Å². The first-order chi connectivity index (χ1) is 12.2. The molecular weight excluding hydrogens is 336 g/mol. The molecule has 5 nitrogen and oxygen atoms in total. The number of ether oxygens (including phenoxy) is 1. The fourth-order valence-electron chi connectivity index (χ4n) is 2.73. The van der Waals surface area contributed by atoms with Crippen LogP contribution in [0.1, 0.15) is 10.4 Å². The van der Waals surface area contributed by atoms with Crippen molar-refractivity contribution in [2.45, 2.75) is 0 Å². The van der Waals surface area contributed by atoms with Gasteiger partial charge in [-0.15, -0.1) is 0 Å². The molecule has 1 aromatic heterocycles. The first kappa shape index (κ1) is 15.4. The monoisotopic (exact) mass is 350 g/mol. The molecule has 0 saturated carbocycles. The molecular formula is C19H14N2O3S. The molecule has 1 aliphatic rings. The molecule has 0 radical (unpaired) electrons. The molecule has 6 heteroatoms. The molecule has 3 aromatic rings. The Morgan fingerprint density at radius 3 is 2.68 bits per heavy atom. The highest BCUT2D eigenvalue weighted by Gasteiger charge is 2.17. The molecule has 0 saturated heterocycles. The molecule has 1 aliphatic heterocycles. The molecule has 0 unspecified atom stereocenters. The van der Waals surface area contributed by atoms with E-state index in [2.05, 4.69) is 4.99 Å². The van der Waals surface area contributed by atoms with E-state index in [0.29, 0.717) is 16.3 Å². The van der Waals surface area contributed by atoms with Crippen LogP contribution in [0.2, 0.25) is 0 Å². The maximum atomic E-state index is 12.4. The van der Waals surface area contributed by atoms with E-state index in [1.54, 1.807) is 43.7 Å². The number of hydrogen-bond donors (Lipinski definition) is 1. The molecule has 0 fully saturated rings. The Labute approximate surface area is 147 Å². The standard InChI is InChI=1S/C19H14N2O3S/c1-24-14-8-6-13(7-9-14)21-18(22)17(25-19(21)23)10-12-11-20-16-5-3-2-4-15(12)16/h2-11,22H,1H3. The van der Waals surface area contributed by atoms with E-state index in [0.717, 1.165) is 28.2 Å². The lowest BCUT2D eigenvalue weighted by Gasteiger charge is -2.05. The lowest BCUT2D eigenvalue weighted by molar-refractivity contribution is 0.414. The van der Waals surface area contributed by atoms with Crippen molar-refractivity contribution in [1.29, 1.82) is 0 Å². The third kappa shape index (κ3) is 2.66. The minimum Gasteiger partial charge on any atom is -0.497 e. The molecule has 124 valence electrons. The molecule has 2 heterocycles. The second-order valence-electron chi connectivity index (χ2n) is 5.46. The van der Waals surface area contributed by atoms with E-state index in [9.17, 15) is 9.90 Å². The zero-order chi connectivity index (χ0) is 17.4. The van der Waals surface area contributed by atoms with Gasteiger partial charge < -0.3 is 9.84 Å². The van der Waals surface area contributed by atoms with Crippen molar-refractivity contribution in [2.24, 2.45) is 4.99 Å². The predicted octanol–water partition coefficient (Wildman–Crippen LogP) is 3.87. The number of methoxy groups -OCH3 is 1. The summed E-state index contributed by atoms with van der Waals surface area (Å²) in [7, 11) is 1.58. The Bertz CT molecular complexity index is 1060. The topological polar surface area (TPSA) is 63.8 Å². The number of rotatable bonds is 3. The van der Waals surface area contributed by atoms with Gasteiger partial charge in [-0.3, -0.25) is 9.79 Å². The zero-order valence-electron chi connectivity index (χ0n) is 13.3.